The van der Waals surface area contributed by atoms with Gasteiger partial charge < -0.3 is 10.6 Å². The summed E-state index contributed by atoms with van der Waals surface area (Å²) in [4.78, 5) is 2.37. The minimum Gasteiger partial charge on any atom is -0.397 e. The highest BCUT2D eigenvalue weighted by Crippen LogP contribution is 2.40. The van der Waals surface area contributed by atoms with Crippen molar-refractivity contribution in [2.45, 2.75) is 31.7 Å². The predicted molar refractivity (Wildman–Crippen MR) is 71.6 cm³/mol. The molecule has 0 saturated heterocycles. The van der Waals surface area contributed by atoms with Crippen molar-refractivity contribution in [3.05, 3.63) is 22.4 Å². The van der Waals surface area contributed by atoms with Gasteiger partial charge in [-0.3, -0.25) is 0 Å². The van der Waals surface area contributed by atoms with Crippen LogP contribution in [0.4, 0.5) is 15.8 Å². The molecule has 2 aliphatic rings. The third-order valence-corrected chi connectivity index (χ3v) is 4.13. The molecule has 2 fully saturated rings. The lowest BCUT2D eigenvalue weighted by Crippen LogP contribution is -2.28. The van der Waals surface area contributed by atoms with Gasteiger partial charge in [-0.15, -0.1) is 0 Å². The lowest BCUT2D eigenvalue weighted by atomic mass is 10.2. The first-order valence-corrected chi connectivity index (χ1v) is 6.95. The number of anilines is 2. The third kappa shape index (κ3) is 2.41. The second kappa shape index (κ2) is 4.16. The quantitative estimate of drug-likeness (QED) is 0.862. The van der Waals surface area contributed by atoms with Crippen LogP contribution >= 0.6 is 15.9 Å². The summed E-state index contributed by atoms with van der Waals surface area (Å²) in [6, 6.07) is 3.86. The molecule has 0 aliphatic heterocycles. The van der Waals surface area contributed by atoms with Gasteiger partial charge in [-0.05, 0) is 53.6 Å². The Morgan fingerprint density at radius 1 is 1.29 bits per heavy atom. The fourth-order valence-electron chi connectivity index (χ4n) is 2.21. The van der Waals surface area contributed by atoms with E-state index >= 15 is 0 Å². The zero-order valence-corrected chi connectivity index (χ0v) is 11.2. The third-order valence-electron chi connectivity index (χ3n) is 3.52. The summed E-state index contributed by atoms with van der Waals surface area (Å²) in [5.41, 5.74) is 7.50. The Morgan fingerprint density at radius 3 is 2.59 bits per heavy atom. The van der Waals surface area contributed by atoms with Gasteiger partial charge >= 0.3 is 0 Å². The molecule has 0 atom stereocenters. The standard InChI is InChI=1S/C13H16BrFN2/c14-10-5-13(12(16)6-11(10)15)17(9-3-4-9)7-8-1-2-8/h5-6,8-9H,1-4,7,16H2. The molecular formula is C13H16BrFN2. The average molecular weight is 299 g/mol. The molecule has 17 heavy (non-hydrogen) atoms. The van der Waals surface area contributed by atoms with E-state index in [0.29, 0.717) is 16.2 Å². The Balaban J connectivity index is 1.90. The van der Waals surface area contributed by atoms with Crippen LogP contribution in [0.15, 0.2) is 16.6 Å². The summed E-state index contributed by atoms with van der Waals surface area (Å²) in [6.45, 7) is 1.08. The molecule has 2 saturated carbocycles. The summed E-state index contributed by atoms with van der Waals surface area (Å²) in [6.07, 6.45) is 5.12. The number of halogens is 2. The molecule has 1 aromatic carbocycles. The summed E-state index contributed by atoms with van der Waals surface area (Å²) in [7, 11) is 0. The highest BCUT2D eigenvalue weighted by Gasteiger charge is 2.34. The van der Waals surface area contributed by atoms with Crippen molar-refractivity contribution < 1.29 is 4.39 Å². The van der Waals surface area contributed by atoms with Crippen molar-refractivity contribution in [1.82, 2.24) is 0 Å². The first-order valence-electron chi connectivity index (χ1n) is 6.16. The van der Waals surface area contributed by atoms with E-state index in [1.165, 1.54) is 31.7 Å². The largest absolute Gasteiger partial charge is 0.397 e. The van der Waals surface area contributed by atoms with Gasteiger partial charge in [0, 0.05) is 18.7 Å². The lowest BCUT2D eigenvalue weighted by molar-refractivity contribution is 0.621. The average Bonchev–Trinajstić information content (AvgIpc) is 3.14. The highest BCUT2D eigenvalue weighted by molar-refractivity contribution is 9.10. The van der Waals surface area contributed by atoms with E-state index in [1.807, 2.05) is 6.07 Å². The molecule has 92 valence electrons. The van der Waals surface area contributed by atoms with Crippen LogP contribution in [0.2, 0.25) is 0 Å². The van der Waals surface area contributed by atoms with E-state index in [-0.39, 0.29) is 5.82 Å². The van der Waals surface area contributed by atoms with Crippen molar-refractivity contribution in [2.75, 3.05) is 17.2 Å². The van der Waals surface area contributed by atoms with E-state index in [0.717, 1.165) is 18.2 Å². The Morgan fingerprint density at radius 2 is 2.00 bits per heavy atom. The molecule has 2 nitrogen and oxygen atoms in total. The summed E-state index contributed by atoms with van der Waals surface area (Å²) < 4.78 is 13.9. The smallest absolute Gasteiger partial charge is 0.139 e. The maximum absolute atomic E-state index is 13.4. The van der Waals surface area contributed by atoms with Crippen LogP contribution in [0.25, 0.3) is 0 Å². The van der Waals surface area contributed by atoms with Crippen molar-refractivity contribution in [3.8, 4) is 0 Å². The van der Waals surface area contributed by atoms with Gasteiger partial charge in [0.2, 0.25) is 0 Å². The molecule has 4 heteroatoms. The number of nitrogens with zero attached hydrogens (tertiary/aromatic N) is 1. The maximum atomic E-state index is 13.4. The summed E-state index contributed by atoms with van der Waals surface area (Å²) in [5.74, 6) is 0.534. The molecule has 2 N–H and O–H groups in total. The predicted octanol–water partition coefficient (Wildman–Crippen LogP) is 3.55. The van der Waals surface area contributed by atoms with Crippen molar-refractivity contribution in [3.63, 3.8) is 0 Å². The second-order valence-electron chi connectivity index (χ2n) is 5.15. The molecule has 2 aliphatic carbocycles. The van der Waals surface area contributed by atoms with Gasteiger partial charge in [-0.25, -0.2) is 4.39 Å². The van der Waals surface area contributed by atoms with E-state index in [9.17, 15) is 4.39 Å². The van der Waals surface area contributed by atoms with Gasteiger partial charge in [0.05, 0.1) is 15.8 Å². The zero-order valence-electron chi connectivity index (χ0n) is 9.63. The summed E-state index contributed by atoms with van der Waals surface area (Å²) in [5, 5.41) is 0. The molecular weight excluding hydrogens is 283 g/mol. The fourth-order valence-corrected chi connectivity index (χ4v) is 2.54. The van der Waals surface area contributed by atoms with Gasteiger partial charge in [0.15, 0.2) is 0 Å². The van der Waals surface area contributed by atoms with Gasteiger partial charge in [-0.2, -0.15) is 0 Å². The van der Waals surface area contributed by atoms with Crippen molar-refractivity contribution in [1.29, 1.82) is 0 Å². The van der Waals surface area contributed by atoms with Gasteiger partial charge in [0.1, 0.15) is 5.82 Å². The Bertz CT molecular complexity index is 441. The fraction of sp³-hybridized carbons (Fsp3) is 0.538. The van der Waals surface area contributed by atoms with Crippen molar-refractivity contribution >= 4 is 27.3 Å². The molecule has 0 spiro atoms. The molecule has 3 rings (SSSR count). The monoisotopic (exact) mass is 298 g/mol. The van der Waals surface area contributed by atoms with Gasteiger partial charge in [-0.1, -0.05) is 0 Å². The Kier molecular flexibility index (Phi) is 2.77. The van der Waals surface area contributed by atoms with Crippen LogP contribution in [0.3, 0.4) is 0 Å². The van der Waals surface area contributed by atoms with Crippen LogP contribution in [0.1, 0.15) is 25.7 Å². The van der Waals surface area contributed by atoms with E-state index in [4.69, 9.17) is 5.73 Å². The van der Waals surface area contributed by atoms with Crippen LogP contribution in [0.5, 0.6) is 0 Å². The molecule has 1 aromatic rings. The number of hydrogen-bond acceptors (Lipinski definition) is 2. The first kappa shape index (κ1) is 11.3. The first-order chi connectivity index (χ1) is 8.15. The Labute approximate surface area is 109 Å². The Hall–Kier alpha value is -0.770. The van der Waals surface area contributed by atoms with E-state index < -0.39 is 0 Å². The zero-order chi connectivity index (χ0) is 12.0. The van der Waals surface area contributed by atoms with Crippen molar-refractivity contribution in [2.24, 2.45) is 5.92 Å². The van der Waals surface area contributed by atoms with Crippen LogP contribution in [0, 0.1) is 11.7 Å². The topological polar surface area (TPSA) is 29.3 Å². The molecule has 0 amide bonds. The minimum absolute atomic E-state index is 0.284. The second-order valence-corrected chi connectivity index (χ2v) is 6.01. The van der Waals surface area contributed by atoms with Crippen LogP contribution in [-0.4, -0.2) is 12.6 Å². The molecule has 0 unspecified atom stereocenters. The van der Waals surface area contributed by atoms with E-state index in [1.54, 1.807) is 0 Å². The highest BCUT2D eigenvalue weighted by atomic mass is 79.9. The maximum Gasteiger partial charge on any atom is 0.139 e. The minimum atomic E-state index is -0.284. The molecule has 0 radical (unpaired) electrons. The molecule has 0 bridgehead atoms. The van der Waals surface area contributed by atoms with Crippen LogP contribution < -0.4 is 10.6 Å². The number of nitrogens with two attached hydrogens (primary N) is 1. The number of rotatable bonds is 4. The van der Waals surface area contributed by atoms with Gasteiger partial charge in [0.25, 0.3) is 0 Å². The number of benzene rings is 1. The SMILES string of the molecule is Nc1cc(F)c(Br)cc1N(CC1CC1)C1CC1. The van der Waals surface area contributed by atoms with E-state index in [2.05, 4.69) is 20.8 Å². The van der Waals surface area contributed by atoms with Crippen LogP contribution in [-0.2, 0) is 0 Å². The summed E-state index contributed by atoms with van der Waals surface area (Å²) >= 11 is 3.24. The molecule has 0 heterocycles. The number of nitrogen functional groups attached to an aromatic ring is 1. The molecule has 0 aromatic heterocycles. The number of hydrogen-bond donors (Lipinski definition) is 1. The lowest BCUT2D eigenvalue weighted by Gasteiger charge is -2.26. The normalized spacial score (nSPS) is 19.4.